The predicted molar refractivity (Wildman–Crippen MR) is 94.6 cm³/mol. The Hall–Kier alpha value is -1.93. The van der Waals surface area contributed by atoms with Gasteiger partial charge in [-0.1, -0.05) is 13.8 Å². The lowest BCUT2D eigenvalue weighted by Gasteiger charge is -2.35. The normalized spacial score (nSPS) is 15.8. The first-order valence-electron chi connectivity index (χ1n) is 8.25. The lowest BCUT2D eigenvalue weighted by molar-refractivity contribution is -0.135. The highest BCUT2D eigenvalue weighted by molar-refractivity contribution is 7.89. The summed E-state index contributed by atoms with van der Waals surface area (Å²) in [5.74, 6) is -0.0933. The van der Waals surface area contributed by atoms with Gasteiger partial charge in [0.05, 0.1) is 4.90 Å². The summed E-state index contributed by atoms with van der Waals surface area (Å²) in [5.41, 5.74) is 0.446. The van der Waals surface area contributed by atoms with Gasteiger partial charge in [-0.15, -0.1) is 0 Å². The van der Waals surface area contributed by atoms with E-state index in [0.717, 1.165) is 4.31 Å². The second-order valence-electron chi connectivity index (χ2n) is 6.58. The van der Waals surface area contributed by atoms with Crippen LogP contribution in [0, 0.1) is 5.92 Å². The predicted octanol–water partition coefficient (Wildman–Crippen LogP) is 0.877. The van der Waals surface area contributed by atoms with Crippen molar-refractivity contribution >= 4 is 21.8 Å². The van der Waals surface area contributed by atoms with Gasteiger partial charge in [-0.05, 0) is 24.3 Å². The molecule has 0 radical (unpaired) electrons. The Bertz CT molecular complexity index is 734. The van der Waals surface area contributed by atoms with E-state index in [9.17, 15) is 18.0 Å². The zero-order valence-electron chi connectivity index (χ0n) is 15.1. The fourth-order valence-corrected chi connectivity index (χ4v) is 3.56. The van der Waals surface area contributed by atoms with E-state index < -0.39 is 10.0 Å². The number of piperazine rings is 1. The van der Waals surface area contributed by atoms with Crippen LogP contribution in [0.2, 0.25) is 0 Å². The first-order chi connectivity index (χ1) is 11.6. The number of hydrogen-bond donors (Lipinski definition) is 0. The van der Waals surface area contributed by atoms with Crippen molar-refractivity contribution in [1.29, 1.82) is 0 Å². The highest BCUT2D eigenvalue weighted by atomic mass is 32.2. The van der Waals surface area contributed by atoms with Crippen molar-refractivity contribution in [3.63, 3.8) is 0 Å². The molecule has 1 aliphatic heterocycles. The summed E-state index contributed by atoms with van der Waals surface area (Å²) in [4.78, 5) is 28.2. The second kappa shape index (κ2) is 7.53. The van der Waals surface area contributed by atoms with Crippen molar-refractivity contribution in [3.05, 3.63) is 29.8 Å². The fraction of sp³-hybridized carbons (Fsp3) is 0.529. The zero-order valence-corrected chi connectivity index (χ0v) is 15.9. The maximum atomic E-state index is 12.6. The summed E-state index contributed by atoms with van der Waals surface area (Å²) < 4.78 is 25.3. The third-order valence-corrected chi connectivity index (χ3v) is 6.08. The summed E-state index contributed by atoms with van der Waals surface area (Å²) in [6, 6.07) is 5.96. The molecule has 0 saturated carbocycles. The molecule has 7 nitrogen and oxygen atoms in total. The van der Waals surface area contributed by atoms with Crippen LogP contribution in [-0.4, -0.2) is 74.6 Å². The number of amides is 2. The SMILES string of the molecule is CC(C)C(=O)N1CCN(C(=O)c2ccc(S(=O)(=O)N(C)C)cc2)CC1. The number of sulfonamides is 1. The molecular weight excluding hydrogens is 342 g/mol. The molecule has 0 bridgehead atoms. The number of hydrogen-bond acceptors (Lipinski definition) is 4. The molecule has 1 aromatic carbocycles. The Balaban J connectivity index is 2.04. The lowest BCUT2D eigenvalue weighted by atomic mass is 10.1. The lowest BCUT2D eigenvalue weighted by Crippen LogP contribution is -2.51. The Morgan fingerprint density at radius 2 is 1.44 bits per heavy atom. The molecule has 25 heavy (non-hydrogen) atoms. The fourth-order valence-electron chi connectivity index (χ4n) is 2.66. The van der Waals surface area contributed by atoms with Crippen molar-refractivity contribution in [2.24, 2.45) is 5.92 Å². The number of rotatable bonds is 4. The van der Waals surface area contributed by atoms with Gasteiger partial charge >= 0.3 is 0 Å². The first-order valence-corrected chi connectivity index (χ1v) is 9.69. The molecule has 0 N–H and O–H groups in total. The molecule has 0 spiro atoms. The summed E-state index contributed by atoms with van der Waals surface area (Å²) in [6.45, 7) is 5.74. The molecule has 0 aliphatic carbocycles. The van der Waals surface area contributed by atoms with Gasteiger partial charge in [-0.2, -0.15) is 0 Å². The Morgan fingerprint density at radius 1 is 0.960 bits per heavy atom. The van der Waals surface area contributed by atoms with Gasteiger partial charge in [-0.3, -0.25) is 9.59 Å². The van der Waals surface area contributed by atoms with Crippen LogP contribution in [-0.2, 0) is 14.8 Å². The molecule has 8 heteroatoms. The smallest absolute Gasteiger partial charge is 0.253 e. The third-order valence-electron chi connectivity index (χ3n) is 4.25. The molecular formula is C17H25N3O4S. The van der Waals surface area contributed by atoms with Crippen LogP contribution in [0.5, 0.6) is 0 Å². The minimum absolute atomic E-state index is 0.0477. The third kappa shape index (κ3) is 4.19. The van der Waals surface area contributed by atoms with E-state index in [1.54, 1.807) is 9.80 Å². The highest BCUT2D eigenvalue weighted by Gasteiger charge is 2.26. The van der Waals surface area contributed by atoms with Crippen LogP contribution in [0.15, 0.2) is 29.2 Å². The van der Waals surface area contributed by atoms with E-state index in [2.05, 4.69) is 0 Å². The minimum atomic E-state index is -3.50. The van der Waals surface area contributed by atoms with E-state index in [4.69, 9.17) is 0 Å². The maximum Gasteiger partial charge on any atom is 0.253 e. The zero-order chi connectivity index (χ0) is 18.8. The van der Waals surface area contributed by atoms with Crippen molar-refractivity contribution in [2.75, 3.05) is 40.3 Å². The molecule has 1 heterocycles. The number of benzene rings is 1. The molecule has 1 fully saturated rings. The monoisotopic (exact) mass is 367 g/mol. The molecule has 1 aliphatic rings. The van der Waals surface area contributed by atoms with Crippen LogP contribution in [0.25, 0.3) is 0 Å². The van der Waals surface area contributed by atoms with Crippen LogP contribution >= 0.6 is 0 Å². The van der Waals surface area contributed by atoms with E-state index in [-0.39, 0.29) is 22.6 Å². The van der Waals surface area contributed by atoms with Gasteiger partial charge in [0.15, 0.2) is 0 Å². The van der Waals surface area contributed by atoms with E-state index in [1.165, 1.54) is 38.4 Å². The first kappa shape index (κ1) is 19.4. The molecule has 138 valence electrons. The molecule has 0 aromatic heterocycles. The van der Waals surface area contributed by atoms with E-state index in [0.29, 0.717) is 31.7 Å². The number of nitrogens with zero attached hydrogens (tertiary/aromatic N) is 3. The molecule has 0 unspecified atom stereocenters. The quantitative estimate of drug-likeness (QED) is 0.791. The highest BCUT2D eigenvalue weighted by Crippen LogP contribution is 2.16. The average Bonchev–Trinajstić information content (AvgIpc) is 2.60. The van der Waals surface area contributed by atoms with Crippen LogP contribution in [0.4, 0.5) is 0 Å². The van der Waals surface area contributed by atoms with Gasteiger partial charge < -0.3 is 9.80 Å². The Morgan fingerprint density at radius 3 is 1.88 bits per heavy atom. The standard InChI is InChI=1S/C17H25N3O4S/c1-13(2)16(21)19-9-11-20(12-10-19)17(22)14-5-7-15(8-6-14)25(23,24)18(3)4/h5-8,13H,9-12H2,1-4H3. The van der Waals surface area contributed by atoms with E-state index >= 15 is 0 Å². The molecule has 2 rings (SSSR count). The minimum Gasteiger partial charge on any atom is -0.339 e. The van der Waals surface area contributed by atoms with Gasteiger partial charge in [0, 0.05) is 51.8 Å². The second-order valence-corrected chi connectivity index (χ2v) is 8.74. The summed E-state index contributed by atoms with van der Waals surface area (Å²) in [7, 11) is -0.576. The van der Waals surface area contributed by atoms with Crippen molar-refractivity contribution < 1.29 is 18.0 Å². The number of carbonyl (C=O) groups excluding carboxylic acids is 2. The topological polar surface area (TPSA) is 78.0 Å². The van der Waals surface area contributed by atoms with Crippen LogP contribution < -0.4 is 0 Å². The molecule has 0 atom stereocenters. The Labute approximate surface area is 149 Å². The molecule has 1 aromatic rings. The average molecular weight is 367 g/mol. The van der Waals surface area contributed by atoms with Crippen molar-refractivity contribution in [3.8, 4) is 0 Å². The number of carbonyl (C=O) groups is 2. The van der Waals surface area contributed by atoms with Crippen LogP contribution in [0.3, 0.4) is 0 Å². The summed E-state index contributed by atoms with van der Waals surface area (Å²) in [6.07, 6.45) is 0. The van der Waals surface area contributed by atoms with Gasteiger partial charge in [0.2, 0.25) is 15.9 Å². The Kier molecular flexibility index (Phi) is 5.84. The molecule has 2 amide bonds. The van der Waals surface area contributed by atoms with E-state index in [1.807, 2.05) is 13.8 Å². The maximum absolute atomic E-state index is 12.6. The van der Waals surface area contributed by atoms with Crippen molar-refractivity contribution in [2.45, 2.75) is 18.7 Å². The van der Waals surface area contributed by atoms with Gasteiger partial charge in [0.1, 0.15) is 0 Å². The van der Waals surface area contributed by atoms with Gasteiger partial charge in [-0.25, -0.2) is 12.7 Å². The van der Waals surface area contributed by atoms with Crippen LogP contribution in [0.1, 0.15) is 24.2 Å². The molecule has 1 saturated heterocycles. The summed E-state index contributed by atoms with van der Waals surface area (Å²) in [5, 5.41) is 0. The van der Waals surface area contributed by atoms with Gasteiger partial charge in [0.25, 0.3) is 5.91 Å². The van der Waals surface area contributed by atoms with Crippen molar-refractivity contribution in [1.82, 2.24) is 14.1 Å². The summed E-state index contributed by atoms with van der Waals surface area (Å²) >= 11 is 0. The largest absolute Gasteiger partial charge is 0.339 e.